The van der Waals surface area contributed by atoms with Gasteiger partial charge in [-0.25, -0.2) is 0 Å². The number of halogens is 1. The number of hydrogen-bond donors (Lipinski definition) is 1. The van der Waals surface area contributed by atoms with E-state index in [1.807, 2.05) is 36.4 Å². The van der Waals surface area contributed by atoms with E-state index in [0.717, 1.165) is 43.1 Å². The van der Waals surface area contributed by atoms with E-state index in [2.05, 4.69) is 10.1 Å². The summed E-state index contributed by atoms with van der Waals surface area (Å²) in [6, 6.07) is 12.4. The van der Waals surface area contributed by atoms with Gasteiger partial charge in [-0.15, -0.1) is 12.4 Å². The Hall–Kier alpha value is -1.36. The van der Waals surface area contributed by atoms with Crippen molar-refractivity contribution in [3.05, 3.63) is 42.1 Å². The van der Waals surface area contributed by atoms with E-state index < -0.39 is 0 Å². The van der Waals surface area contributed by atoms with Crippen molar-refractivity contribution in [2.24, 2.45) is 5.73 Å². The molecule has 1 fully saturated rings. The summed E-state index contributed by atoms with van der Waals surface area (Å²) < 4.78 is 5.41. The molecule has 1 aliphatic rings. The lowest BCUT2D eigenvalue weighted by Gasteiger charge is -2.29. The number of aromatic nitrogens is 1. The number of piperidine rings is 1. The predicted molar refractivity (Wildman–Crippen MR) is 81.7 cm³/mol. The normalized spacial score (nSPS) is 19.6. The predicted octanol–water partition coefficient (Wildman–Crippen LogP) is 2.69. The van der Waals surface area contributed by atoms with E-state index in [1.54, 1.807) is 0 Å². The maximum Gasteiger partial charge on any atom is 0.167 e. The minimum absolute atomic E-state index is 0. The highest BCUT2D eigenvalue weighted by Gasteiger charge is 2.18. The third-order valence-electron chi connectivity index (χ3n) is 3.54. The summed E-state index contributed by atoms with van der Waals surface area (Å²) in [4.78, 5) is 2.35. The molecule has 0 bridgehead atoms. The lowest BCUT2D eigenvalue weighted by atomic mass is 10.1. The second kappa shape index (κ2) is 6.88. The molecule has 4 nitrogen and oxygen atoms in total. The largest absolute Gasteiger partial charge is 0.356 e. The van der Waals surface area contributed by atoms with Gasteiger partial charge >= 0.3 is 0 Å². The van der Waals surface area contributed by atoms with E-state index in [9.17, 15) is 0 Å². The first-order valence-electron chi connectivity index (χ1n) is 6.80. The van der Waals surface area contributed by atoms with Crippen LogP contribution in [0.1, 0.15) is 18.5 Å². The van der Waals surface area contributed by atoms with Crippen molar-refractivity contribution in [3.63, 3.8) is 0 Å². The maximum absolute atomic E-state index is 5.99. The van der Waals surface area contributed by atoms with Gasteiger partial charge in [-0.3, -0.25) is 4.90 Å². The zero-order chi connectivity index (χ0) is 13.1. The molecule has 2 aromatic rings. The number of likely N-dealkylation sites (tertiary alicyclic amines) is 1. The molecule has 1 saturated heterocycles. The van der Waals surface area contributed by atoms with E-state index >= 15 is 0 Å². The quantitative estimate of drug-likeness (QED) is 0.945. The topological polar surface area (TPSA) is 55.3 Å². The first-order chi connectivity index (χ1) is 9.31. The van der Waals surface area contributed by atoms with Gasteiger partial charge in [0.2, 0.25) is 0 Å². The van der Waals surface area contributed by atoms with Gasteiger partial charge in [0.25, 0.3) is 0 Å². The number of rotatable bonds is 3. The van der Waals surface area contributed by atoms with Crippen molar-refractivity contribution >= 4 is 12.4 Å². The fourth-order valence-electron chi connectivity index (χ4n) is 2.59. The highest BCUT2D eigenvalue weighted by molar-refractivity contribution is 5.85. The SMILES string of the molecule is Cl.N[C@@H]1CCCN(Cc2cc(-c3ccccc3)on2)C1. The van der Waals surface area contributed by atoms with Crippen molar-refractivity contribution in [2.75, 3.05) is 13.1 Å². The van der Waals surface area contributed by atoms with Crippen molar-refractivity contribution in [2.45, 2.75) is 25.4 Å². The van der Waals surface area contributed by atoms with Crippen LogP contribution < -0.4 is 5.73 Å². The van der Waals surface area contributed by atoms with Gasteiger partial charge in [-0.05, 0) is 19.4 Å². The molecular weight excluding hydrogens is 274 g/mol. The first kappa shape index (κ1) is 15.0. The van der Waals surface area contributed by atoms with Gasteiger partial charge in [0.1, 0.15) is 0 Å². The van der Waals surface area contributed by atoms with Crippen LogP contribution in [0.2, 0.25) is 0 Å². The third-order valence-corrected chi connectivity index (χ3v) is 3.54. The monoisotopic (exact) mass is 293 g/mol. The van der Waals surface area contributed by atoms with Crippen molar-refractivity contribution in [3.8, 4) is 11.3 Å². The molecule has 0 saturated carbocycles. The molecule has 1 aromatic heterocycles. The third kappa shape index (κ3) is 3.60. The summed E-state index contributed by atoms with van der Waals surface area (Å²) in [6.45, 7) is 2.87. The van der Waals surface area contributed by atoms with Crippen LogP contribution in [-0.2, 0) is 6.54 Å². The Morgan fingerprint density at radius 3 is 2.85 bits per heavy atom. The second-order valence-corrected chi connectivity index (χ2v) is 5.19. The molecule has 0 spiro atoms. The average Bonchev–Trinajstić information content (AvgIpc) is 2.88. The number of benzene rings is 1. The van der Waals surface area contributed by atoms with Crippen molar-refractivity contribution < 1.29 is 4.52 Å². The highest BCUT2D eigenvalue weighted by Crippen LogP contribution is 2.21. The molecule has 20 heavy (non-hydrogen) atoms. The summed E-state index contributed by atoms with van der Waals surface area (Å²) >= 11 is 0. The summed E-state index contributed by atoms with van der Waals surface area (Å²) in [5.74, 6) is 0.830. The number of hydrogen-bond acceptors (Lipinski definition) is 4. The molecule has 108 valence electrons. The van der Waals surface area contributed by atoms with Gasteiger partial charge in [-0.1, -0.05) is 35.5 Å². The molecule has 0 amide bonds. The smallest absolute Gasteiger partial charge is 0.167 e. The Bertz CT molecular complexity index is 529. The van der Waals surface area contributed by atoms with Gasteiger partial charge < -0.3 is 10.3 Å². The van der Waals surface area contributed by atoms with E-state index in [1.165, 1.54) is 6.42 Å². The van der Waals surface area contributed by atoms with Crippen LogP contribution in [-0.4, -0.2) is 29.2 Å². The Balaban J connectivity index is 0.00000147. The van der Waals surface area contributed by atoms with E-state index in [-0.39, 0.29) is 12.4 Å². The fourth-order valence-corrected chi connectivity index (χ4v) is 2.59. The van der Waals surface area contributed by atoms with Crippen LogP contribution in [0.4, 0.5) is 0 Å². The lowest BCUT2D eigenvalue weighted by molar-refractivity contribution is 0.196. The van der Waals surface area contributed by atoms with Crippen molar-refractivity contribution in [1.29, 1.82) is 0 Å². The molecule has 2 N–H and O–H groups in total. The zero-order valence-electron chi connectivity index (χ0n) is 11.4. The number of nitrogens with zero attached hydrogens (tertiary/aromatic N) is 2. The molecule has 1 aliphatic heterocycles. The van der Waals surface area contributed by atoms with Gasteiger partial charge in [-0.2, -0.15) is 0 Å². The van der Waals surface area contributed by atoms with Gasteiger partial charge in [0, 0.05) is 30.8 Å². The average molecular weight is 294 g/mol. The van der Waals surface area contributed by atoms with Crippen molar-refractivity contribution in [1.82, 2.24) is 10.1 Å². The molecule has 0 unspecified atom stereocenters. The highest BCUT2D eigenvalue weighted by atomic mass is 35.5. The minimum atomic E-state index is 0. The van der Waals surface area contributed by atoms with E-state index in [0.29, 0.717) is 6.04 Å². The van der Waals surface area contributed by atoms with Crippen LogP contribution in [0.15, 0.2) is 40.9 Å². The maximum atomic E-state index is 5.99. The summed E-state index contributed by atoms with van der Waals surface area (Å²) in [7, 11) is 0. The second-order valence-electron chi connectivity index (χ2n) is 5.19. The molecule has 2 heterocycles. The zero-order valence-corrected chi connectivity index (χ0v) is 12.2. The Labute approximate surface area is 125 Å². The van der Waals surface area contributed by atoms with Crippen LogP contribution >= 0.6 is 12.4 Å². The standard InChI is InChI=1S/C15H19N3O.ClH/c16-13-7-4-8-18(10-13)11-14-9-15(19-17-14)12-5-2-1-3-6-12;/h1-3,5-6,9,13H,4,7-8,10-11,16H2;1H/t13-;/m1./s1. The summed E-state index contributed by atoms with van der Waals surface area (Å²) in [6.07, 6.45) is 2.30. The van der Waals surface area contributed by atoms with E-state index in [4.69, 9.17) is 10.3 Å². The molecule has 1 atom stereocenters. The van der Waals surface area contributed by atoms with Gasteiger partial charge in [0.05, 0.1) is 5.69 Å². The molecule has 5 heteroatoms. The van der Waals surface area contributed by atoms with Crippen LogP contribution in [0.3, 0.4) is 0 Å². The van der Waals surface area contributed by atoms with Crippen LogP contribution in [0, 0.1) is 0 Å². The van der Waals surface area contributed by atoms with Gasteiger partial charge in [0.15, 0.2) is 5.76 Å². The number of nitrogens with two attached hydrogens (primary N) is 1. The minimum Gasteiger partial charge on any atom is -0.356 e. The molecule has 3 rings (SSSR count). The summed E-state index contributed by atoms with van der Waals surface area (Å²) in [5, 5.41) is 4.15. The fraction of sp³-hybridized carbons (Fsp3) is 0.400. The molecule has 0 radical (unpaired) electrons. The molecule has 1 aromatic carbocycles. The van der Waals surface area contributed by atoms with Crippen LogP contribution in [0.25, 0.3) is 11.3 Å². The summed E-state index contributed by atoms with van der Waals surface area (Å²) in [5.41, 5.74) is 8.04. The molecule has 0 aliphatic carbocycles. The Morgan fingerprint density at radius 2 is 2.10 bits per heavy atom. The Kier molecular flexibility index (Phi) is 5.17. The first-order valence-corrected chi connectivity index (χ1v) is 6.80. The Morgan fingerprint density at radius 1 is 1.30 bits per heavy atom. The lowest BCUT2D eigenvalue weighted by Crippen LogP contribution is -2.42. The van der Waals surface area contributed by atoms with Crippen LogP contribution in [0.5, 0.6) is 0 Å². The molecular formula is C15H20ClN3O.